The van der Waals surface area contributed by atoms with Gasteiger partial charge in [0.2, 0.25) is 0 Å². The fraction of sp³-hybridized carbons (Fsp3) is 0.250. The maximum atomic E-state index is 12.0. The lowest BCUT2D eigenvalue weighted by Gasteiger charge is -2.09. The summed E-state index contributed by atoms with van der Waals surface area (Å²) in [6.07, 6.45) is 0. The van der Waals surface area contributed by atoms with E-state index in [0.29, 0.717) is 5.56 Å². The molecular weight excluding hydrogens is 256 g/mol. The third kappa shape index (κ3) is 2.97. The van der Waals surface area contributed by atoms with Crippen LogP contribution < -0.4 is 0 Å². The molecule has 0 atom stereocenters. The van der Waals surface area contributed by atoms with Gasteiger partial charge in [0.15, 0.2) is 0 Å². The zero-order chi connectivity index (χ0) is 10.9. The Morgan fingerprint density at radius 2 is 1.71 bits per heavy atom. The third-order valence-corrected chi connectivity index (χ3v) is 3.35. The minimum Gasteiger partial charge on any atom is -0.160 e. The molecule has 0 aliphatic rings. The van der Waals surface area contributed by atoms with Crippen LogP contribution in [0.25, 0.3) is 0 Å². The fourth-order valence-electron chi connectivity index (χ4n) is 0.832. The summed E-state index contributed by atoms with van der Waals surface area (Å²) in [5.74, 6) is 0. The van der Waals surface area contributed by atoms with E-state index in [4.69, 9.17) is 23.2 Å². The molecule has 78 valence electrons. The van der Waals surface area contributed by atoms with Gasteiger partial charge in [0.1, 0.15) is 0 Å². The molecule has 0 amide bonds. The van der Waals surface area contributed by atoms with Crippen molar-refractivity contribution < 1.29 is 13.2 Å². The predicted molar refractivity (Wildman–Crippen MR) is 53.1 cm³/mol. The maximum absolute atomic E-state index is 12.0. The lowest BCUT2D eigenvalue weighted by atomic mass is 10.2. The van der Waals surface area contributed by atoms with E-state index in [1.807, 2.05) is 0 Å². The summed E-state index contributed by atoms with van der Waals surface area (Å²) >= 11 is 11.1. The van der Waals surface area contributed by atoms with Crippen LogP contribution in [0.15, 0.2) is 17.0 Å². The molecule has 0 heterocycles. The van der Waals surface area contributed by atoms with Gasteiger partial charge in [-0.25, -0.2) is 0 Å². The van der Waals surface area contributed by atoms with Crippen LogP contribution in [0.4, 0.5) is 13.2 Å². The van der Waals surface area contributed by atoms with Crippen LogP contribution in [0, 0.1) is 6.92 Å². The highest BCUT2D eigenvalue weighted by atomic mass is 35.5. The molecule has 1 aromatic carbocycles. The molecule has 0 aliphatic carbocycles. The highest BCUT2D eigenvalue weighted by Crippen LogP contribution is 2.43. The van der Waals surface area contributed by atoms with Gasteiger partial charge >= 0.3 is 5.51 Å². The Labute approximate surface area is 93.4 Å². The van der Waals surface area contributed by atoms with E-state index in [9.17, 15) is 13.2 Å². The second-order valence-electron chi connectivity index (χ2n) is 2.56. The molecule has 0 aromatic heterocycles. The standard InChI is InChI=1S/C8H5Cl2F3S/c1-4-2-3-5(7(10)6(4)9)14-8(11,12)13/h2-3H,1H3. The number of alkyl halides is 3. The number of rotatable bonds is 1. The lowest BCUT2D eigenvalue weighted by molar-refractivity contribution is -0.0328. The van der Waals surface area contributed by atoms with Gasteiger partial charge in [0.25, 0.3) is 0 Å². The van der Waals surface area contributed by atoms with Crippen LogP contribution in [-0.4, -0.2) is 5.51 Å². The van der Waals surface area contributed by atoms with E-state index in [1.165, 1.54) is 12.1 Å². The van der Waals surface area contributed by atoms with Crippen LogP contribution in [0.2, 0.25) is 10.0 Å². The Morgan fingerprint density at radius 1 is 1.14 bits per heavy atom. The van der Waals surface area contributed by atoms with Crippen molar-refractivity contribution >= 4 is 35.0 Å². The Kier molecular flexibility index (Phi) is 3.61. The molecule has 0 N–H and O–H groups in total. The second kappa shape index (κ2) is 4.21. The quantitative estimate of drug-likeness (QED) is 0.647. The van der Waals surface area contributed by atoms with Crippen molar-refractivity contribution in [3.63, 3.8) is 0 Å². The van der Waals surface area contributed by atoms with Crippen molar-refractivity contribution in [2.24, 2.45) is 0 Å². The number of halogens is 5. The highest BCUT2D eigenvalue weighted by molar-refractivity contribution is 8.00. The first-order chi connectivity index (χ1) is 6.31. The van der Waals surface area contributed by atoms with Crippen molar-refractivity contribution in [2.75, 3.05) is 0 Å². The molecule has 1 rings (SSSR count). The van der Waals surface area contributed by atoms with Crippen LogP contribution >= 0.6 is 35.0 Å². The van der Waals surface area contributed by atoms with Gasteiger partial charge in [0, 0.05) is 4.90 Å². The van der Waals surface area contributed by atoms with Gasteiger partial charge in [-0.1, -0.05) is 29.3 Å². The zero-order valence-corrected chi connectivity index (χ0v) is 9.28. The van der Waals surface area contributed by atoms with E-state index in [1.54, 1.807) is 6.92 Å². The molecule has 0 fully saturated rings. The SMILES string of the molecule is Cc1ccc(SC(F)(F)F)c(Cl)c1Cl. The Bertz CT molecular complexity index is 349. The minimum absolute atomic E-state index is 0.0472. The van der Waals surface area contributed by atoms with Crippen molar-refractivity contribution in [3.8, 4) is 0 Å². The summed E-state index contributed by atoms with van der Waals surface area (Å²) < 4.78 is 36.0. The highest BCUT2D eigenvalue weighted by Gasteiger charge is 2.30. The molecule has 0 unspecified atom stereocenters. The van der Waals surface area contributed by atoms with Crippen LogP contribution in [-0.2, 0) is 0 Å². The van der Waals surface area contributed by atoms with Gasteiger partial charge in [-0.05, 0) is 30.3 Å². The average Bonchev–Trinajstić information content (AvgIpc) is 2.04. The zero-order valence-electron chi connectivity index (χ0n) is 6.95. The summed E-state index contributed by atoms with van der Waals surface area (Å²) in [6.45, 7) is 1.68. The van der Waals surface area contributed by atoms with E-state index < -0.39 is 5.51 Å². The summed E-state index contributed by atoms with van der Waals surface area (Å²) in [5.41, 5.74) is -3.69. The van der Waals surface area contributed by atoms with E-state index in [2.05, 4.69) is 0 Å². The number of thioether (sulfide) groups is 1. The molecule has 0 radical (unpaired) electrons. The van der Waals surface area contributed by atoms with E-state index in [-0.39, 0.29) is 26.7 Å². The number of benzene rings is 1. The predicted octanol–water partition coefficient (Wildman–Crippen LogP) is 4.91. The van der Waals surface area contributed by atoms with Gasteiger partial charge in [-0.15, -0.1) is 0 Å². The largest absolute Gasteiger partial charge is 0.446 e. The summed E-state index contributed by atoms with van der Waals surface area (Å²) in [7, 11) is 0. The van der Waals surface area contributed by atoms with E-state index >= 15 is 0 Å². The molecule has 14 heavy (non-hydrogen) atoms. The molecule has 6 heteroatoms. The molecule has 0 bridgehead atoms. The first kappa shape index (κ1) is 12.0. The average molecular weight is 261 g/mol. The molecule has 0 aliphatic heterocycles. The van der Waals surface area contributed by atoms with Crippen LogP contribution in [0.3, 0.4) is 0 Å². The Morgan fingerprint density at radius 3 is 2.21 bits per heavy atom. The molecule has 0 saturated heterocycles. The van der Waals surface area contributed by atoms with Gasteiger partial charge in [0.05, 0.1) is 10.0 Å². The molecule has 0 nitrogen and oxygen atoms in total. The van der Waals surface area contributed by atoms with Crippen LogP contribution in [0.5, 0.6) is 0 Å². The monoisotopic (exact) mass is 260 g/mol. The Balaban J connectivity index is 3.06. The van der Waals surface area contributed by atoms with Gasteiger partial charge in [-0.3, -0.25) is 0 Å². The molecule has 0 saturated carbocycles. The lowest BCUT2D eigenvalue weighted by Crippen LogP contribution is -1.99. The first-order valence-electron chi connectivity index (χ1n) is 3.51. The summed E-state index contributed by atoms with van der Waals surface area (Å²) in [4.78, 5) is -0.0743. The van der Waals surface area contributed by atoms with Crippen molar-refractivity contribution in [2.45, 2.75) is 17.3 Å². The minimum atomic E-state index is -4.35. The second-order valence-corrected chi connectivity index (χ2v) is 4.42. The maximum Gasteiger partial charge on any atom is 0.446 e. The number of hydrogen-bond acceptors (Lipinski definition) is 1. The normalized spacial score (nSPS) is 11.9. The molecular formula is C8H5Cl2F3S. The topological polar surface area (TPSA) is 0 Å². The number of aryl methyl sites for hydroxylation is 1. The fourth-order valence-corrected chi connectivity index (χ4v) is 1.96. The van der Waals surface area contributed by atoms with Gasteiger partial charge < -0.3 is 0 Å². The van der Waals surface area contributed by atoms with Crippen molar-refractivity contribution in [1.82, 2.24) is 0 Å². The van der Waals surface area contributed by atoms with Crippen molar-refractivity contribution in [1.29, 1.82) is 0 Å². The van der Waals surface area contributed by atoms with Crippen molar-refractivity contribution in [3.05, 3.63) is 27.7 Å². The number of hydrogen-bond donors (Lipinski definition) is 0. The smallest absolute Gasteiger partial charge is 0.160 e. The molecule has 0 spiro atoms. The summed E-state index contributed by atoms with van der Waals surface area (Å²) in [5, 5.41) is 0.120. The Hall–Kier alpha value is -0.0600. The third-order valence-electron chi connectivity index (χ3n) is 1.47. The van der Waals surface area contributed by atoms with E-state index in [0.717, 1.165) is 0 Å². The summed E-state index contributed by atoms with van der Waals surface area (Å²) in [6, 6.07) is 2.81. The van der Waals surface area contributed by atoms with Gasteiger partial charge in [-0.2, -0.15) is 13.2 Å². The molecule has 1 aromatic rings. The van der Waals surface area contributed by atoms with Crippen LogP contribution in [0.1, 0.15) is 5.56 Å². The first-order valence-corrected chi connectivity index (χ1v) is 5.09.